The second-order valence-corrected chi connectivity index (χ2v) is 2.11. The van der Waals surface area contributed by atoms with E-state index in [9.17, 15) is 4.79 Å². The van der Waals surface area contributed by atoms with Gasteiger partial charge >= 0.3 is 5.97 Å². The molecule has 0 spiro atoms. The molecule has 0 bridgehead atoms. The molecule has 0 fully saturated rings. The summed E-state index contributed by atoms with van der Waals surface area (Å²) in [4.78, 5) is 10.3. The Labute approximate surface area is 59.9 Å². The van der Waals surface area contributed by atoms with E-state index in [1.807, 2.05) is 0 Å². The largest absolute Gasteiger partial charge is 0.480 e. The van der Waals surface area contributed by atoms with Crippen LogP contribution in [0.1, 0.15) is 13.8 Å². The van der Waals surface area contributed by atoms with Gasteiger partial charge in [-0.25, -0.2) is 0 Å². The topological polar surface area (TPSA) is 69.6 Å². The number of aliphatic carboxylic acids is 1. The smallest absolute Gasteiger partial charge is 0.323 e. The first-order chi connectivity index (χ1) is 4.59. The Morgan fingerprint density at radius 3 is 2.30 bits per heavy atom. The molecular formula is C6H13NO3. The van der Waals surface area contributed by atoms with Crippen LogP contribution in [0.2, 0.25) is 0 Å². The van der Waals surface area contributed by atoms with Crippen molar-refractivity contribution in [3.05, 3.63) is 0 Å². The number of likely N-dealkylation sites (N-methyl/N-ethyl adjacent to an activating group) is 1. The molecular weight excluding hydrogens is 134 g/mol. The normalized spacial score (nSPS) is 16.3. The van der Waals surface area contributed by atoms with Crippen LogP contribution < -0.4 is 5.32 Å². The van der Waals surface area contributed by atoms with Gasteiger partial charge in [-0.1, -0.05) is 6.92 Å². The summed E-state index contributed by atoms with van der Waals surface area (Å²) < 4.78 is 0. The molecule has 0 aromatic carbocycles. The van der Waals surface area contributed by atoms with Crippen molar-refractivity contribution in [1.29, 1.82) is 0 Å². The van der Waals surface area contributed by atoms with Crippen molar-refractivity contribution in [3.8, 4) is 0 Å². The zero-order valence-corrected chi connectivity index (χ0v) is 6.16. The van der Waals surface area contributed by atoms with Crippen molar-refractivity contribution in [2.75, 3.05) is 6.54 Å². The molecule has 0 saturated carbocycles. The maximum Gasteiger partial charge on any atom is 0.323 e. The van der Waals surface area contributed by atoms with E-state index in [1.165, 1.54) is 6.92 Å². The summed E-state index contributed by atoms with van der Waals surface area (Å²) >= 11 is 0. The molecule has 0 unspecified atom stereocenters. The Morgan fingerprint density at radius 2 is 2.20 bits per heavy atom. The molecule has 0 radical (unpaired) electrons. The Balaban J connectivity index is 3.85. The van der Waals surface area contributed by atoms with Crippen LogP contribution >= 0.6 is 0 Å². The monoisotopic (exact) mass is 147 g/mol. The molecule has 60 valence electrons. The van der Waals surface area contributed by atoms with Crippen molar-refractivity contribution in [3.63, 3.8) is 0 Å². The highest BCUT2D eigenvalue weighted by Crippen LogP contribution is 1.91. The van der Waals surface area contributed by atoms with Crippen LogP contribution in [0, 0.1) is 0 Å². The first-order valence-corrected chi connectivity index (χ1v) is 3.23. The number of carbonyl (C=O) groups is 1. The maximum atomic E-state index is 10.3. The second kappa shape index (κ2) is 4.24. The molecule has 0 saturated heterocycles. The minimum atomic E-state index is -1.02. The van der Waals surface area contributed by atoms with E-state index in [2.05, 4.69) is 5.32 Å². The lowest BCUT2D eigenvalue weighted by Crippen LogP contribution is -2.44. The van der Waals surface area contributed by atoms with Crippen molar-refractivity contribution in [2.45, 2.75) is 26.0 Å². The minimum Gasteiger partial charge on any atom is -0.480 e. The van der Waals surface area contributed by atoms with Crippen LogP contribution in [0.5, 0.6) is 0 Å². The lowest BCUT2D eigenvalue weighted by atomic mass is 10.2. The van der Waals surface area contributed by atoms with Gasteiger partial charge in [0.15, 0.2) is 0 Å². The summed E-state index contributed by atoms with van der Waals surface area (Å²) in [6.07, 6.45) is -0.850. The number of carboxylic acid groups (broad SMARTS) is 1. The van der Waals surface area contributed by atoms with Gasteiger partial charge in [0.1, 0.15) is 6.04 Å². The van der Waals surface area contributed by atoms with Gasteiger partial charge in [0.05, 0.1) is 6.10 Å². The average Bonchev–Trinajstić information content (AvgIpc) is 1.81. The van der Waals surface area contributed by atoms with Crippen LogP contribution in [-0.2, 0) is 4.79 Å². The van der Waals surface area contributed by atoms with Gasteiger partial charge in [-0.05, 0) is 13.5 Å². The number of rotatable bonds is 4. The second-order valence-electron chi connectivity index (χ2n) is 2.11. The fourth-order valence-corrected chi connectivity index (χ4v) is 0.684. The molecule has 0 aliphatic heterocycles. The predicted molar refractivity (Wildman–Crippen MR) is 36.8 cm³/mol. The van der Waals surface area contributed by atoms with Crippen LogP contribution in [0.4, 0.5) is 0 Å². The quantitative estimate of drug-likeness (QED) is 0.498. The Kier molecular flexibility index (Phi) is 3.99. The Morgan fingerprint density at radius 1 is 1.70 bits per heavy atom. The molecule has 0 aromatic heterocycles. The van der Waals surface area contributed by atoms with E-state index >= 15 is 0 Å². The lowest BCUT2D eigenvalue weighted by Gasteiger charge is -2.14. The molecule has 0 amide bonds. The molecule has 4 nitrogen and oxygen atoms in total. The van der Waals surface area contributed by atoms with E-state index in [4.69, 9.17) is 10.2 Å². The third-order valence-corrected chi connectivity index (χ3v) is 1.17. The molecule has 0 aliphatic rings. The first-order valence-electron chi connectivity index (χ1n) is 3.23. The molecule has 2 atom stereocenters. The first kappa shape index (κ1) is 9.39. The van der Waals surface area contributed by atoms with Gasteiger partial charge in [-0.2, -0.15) is 0 Å². The third-order valence-electron chi connectivity index (χ3n) is 1.17. The number of carboxylic acids is 1. The highest BCUT2D eigenvalue weighted by molar-refractivity contribution is 5.74. The summed E-state index contributed by atoms with van der Waals surface area (Å²) in [6.45, 7) is 3.78. The van der Waals surface area contributed by atoms with E-state index < -0.39 is 18.1 Å². The van der Waals surface area contributed by atoms with Crippen LogP contribution in [0.25, 0.3) is 0 Å². The van der Waals surface area contributed by atoms with E-state index in [0.717, 1.165) is 0 Å². The maximum absolute atomic E-state index is 10.3. The zero-order chi connectivity index (χ0) is 8.15. The van der Waals surface area contributed by atoms with E-state index in [0.29, 0.717) is 6.54 Å². The van der Waals surface area contributed by atoms with Gasteiger partial charge in [0.25, 0.3) is 0 Å². The number of hydrogen-bond acceptors (Lipinski definition) is 3. The number of aliphatic hydroxyl groups excluding tert-OH is 1. The van der Waals surface area contributed by atoms with Crippen molar-refractivity contribution in [2.24, 2.45) is 0 Å². The Hall–Kier alpha value is -0.610. The van der Waals surface area contributed by atoms with Gasteiger partial charge in [0, 0.05) is 0 Å². The molecule has 0 aromatic rings. The summed E-state index contributed by atoms with van der Waals surface area (Å²) in [5.74, 6) is -1.02. The average molecular weight is 147 g/mol. The van der Waals surface area contributed by atoms with Gasteiger partial charge in [-0.3, -0.25) is 4.79 Å². The fourth-order valence-electron chi connectivity index (χ4n) is 0.684. The van der Waals surface area contributed by atoms with Crippen molar-refractivity contribution >= 4 is 5.97 Å². The number of nitrogens with one attached hydrogen (secondary N) is 1. The van der Waals surface area contributed by atoms with Crippen LogP contribution in [0.3, 0.4) is 0 Å². The third kappa shape index (κ3) is 2.80. The highest BCUT2D eigenvalue weighted by atomic mass is 16.4. The molecule has 3 N–H and O–H groups in total. The van der Waals surface area contributed by atoms with Gasteiger partial charge in [-0.15, -0.1) is 0 Å². The Bertz CT molecular complexity index is 114. The van der Waals surface area contributed by atoms with E-state index in [-0.39, 0.29) is 0 Å². The highest BCUT2D eigenvalue weighted by Gasteiger charge is 2.20. The predicted octanol–water partition coefficient (Wildman–Crippen LogP) is -0.570. The molecule has 0 aliphatic carbocycles. The fraction of sp³-hybridized carbons (Fsp3) is 0.833. The van der Waals surface area contributed by atoms with Crippen molar-refractivity contribution < 1.29 is 15.0 Å². The molecule has 10 heavy (non-hydrogen) atoms. The zero-order valence-electron chi connectivity index (χ0n) is 6.16. The minimum absolute atomic E-state index is 0.544. The standard InChI is InChI=1S/C6H13NO3/c1-3-7-5(4(2)8)6(9)10/h4-5,7-8H,3H2,1-2H3,(H,9,10)/t4-,5-/m0/s1. The van der Waals surface area contributed by atoms with Gasteiger partial charge in [0.2, 0.25) is 0 Å². The summed E-state index contributed by atoms with van der Waals surface area (Å²) in [5, 5.41) is 20.0. The number of hydrogen-bond donors (Lipinski definition) is 3. The molecule has 0 rings (SSSR count). The molecule has 0 heterocycles. The lowest BCUT2D eigenvalue weighted by molar-refractivity contribution is -0.142. The number of aliphatic hydroxyl groups is 1. The van der Waals surface area contributed by atoms with Crippen LogP contribution in [0.15, 0.2) is 0 Å². The SMILES string of the molecule is CCN[C@H](C(=O)O)[C@H](C)O. The van der Waals surface area contributed by atoms with E-state index in [1.54, 1.807) is 6.92 Å². The summed E-state index contributed by atoms with van der Waals surface area (Å²) in [5.41, 5.74) is 0. The van der Waals surface area contributed by atoms with Gasteiger partial charge < -0.3 is 15.5 Å². The summed E-state index contributed by atoms with van der Waals surface area (Å²) in [7, 11) is 0. The molecule has 4 heteroatoms. The van der Waals surface area contributed by atoms with Crippen LogP contribution in [-0.4, -0.2) is 34.9 Å². The summed E-state index contributed by atoms with van der Waals surface area (Å²) in [6, 6.07) is -0.843. The van der Waals surface area contributed by atoms with Crippen molar-refractivity contribution in [1.82, 2.24) is 5.32 Å².